The fraction of sp³-hybridized carbons (Fsp3) is 0.667. The molecule has 9 heteroatoms. The summed E-state index contributed by atoms with van der Waals surface area (Å²) in [6, 6.07) is 0.310. The Labute approximate surface area is 182 Å². The van der Waals surface area contributed by atoms with Gasteiger partial charge in [-0.05, 0) is 19.8 Å². The molecular formula is C18H30IN7S. The van der Waals surface area contributed by atoms with Crippen LogP contribution in [-0.4, -0.2) is 38.3 Å². The van der Waals surface area contributed by atoms with Crippen LogP contribution in [0.25, 0.3) is 0 Å². The summed E-state index contributed by atoms with van der Waals surface area (Å²) >= 11 is 1.74. The van der Waals surface area contributed by atoms with E-state index in [1.807, 2.05) is 6.20 Å². The average molecular weight is 503 g/mol. The molecule has 2 N–H and O–H groups in total. The molecule has 150 valence electrons. The predicted octanol–water partition coefficient (Wildman–Crippen LogP) is 3.11. The van der Waals surface area contributed by atoms with E-state index in [1.165, 1.54) is 4.88 Å². The van der Waals surface area contributed by atoms with Crippen molar-refractivity contribution in [1.29, 1.82) is 0 Å². The van der Waals surface area contributed by atoms with Crippen LogP contribution in [0.3, 0.4) is 0 Å². The van der Waals surface area contributed by atoms with Gasteiger partial charge in [-0.3, -0.25) is 0 Å². The largest absolute Gasteiger partial charge is 0.357 e. The quantitative estimate of drug-likeness (QED) is 0.360. The molecule has 27 heavy (non-hydrogen) atoms. The number of hydrogen-bond donors (Lipinski definition) is 2. The first-order chi connectivity index (χ1) is 12.6. The van der Waals surface area contributed by atoms with E-state index in [0.29, 0.717) is 18.5 Å². The molecule has 2 aromatic rings. The highest BCUT2D eigenvalue weighted by Gasteiger charge is 2.23. The van der Waals surface area contributed by atoms with E-state index in [0.717, 1.165) is 55.0 Å². The molecule has 0 saturated carbocycles. The molecule has 0 saturated heterocycles. The van der Waals surface area contributed by atoms with Gasteiger partial charge in [0.1, 0.15) is 10.8 Å². The van der Waals surface area contributed by atoms with E-state index >= 15 is 0 Å². The van der Waals surface area contributed by atoms with Crippen LogP contribution in [0.1, 0.15) is 61.6 Å². The Kier molecular flexibility index (Phi) is 8.46. The fourth-order valence-electron chi connectivity index (χ4n) is 2.94. The van der Waals surface area contributed by atoms with Gasteiger partial charge in [0.2, 0.25) is 0 Å². The van der Waals surface area contributed by atoms with Crippen LogP contribution in [0, 0.1) is 0 Å². The molecule has 0 aromatic carbocycles. The number of fused-ring (bicyclic) bond motifs is 1. The van der Waals surface area contributed by atoms with Gasteiger partial charge >= 0.3 is 0 Å². The van der Waals surface area contributed by atoms with Crippen molar-refractivity contribution in [3.8, 4) is 0 Å². The average Bonchev–Trinajstić information content (AvgIpc) is 3.26. The molecule has 1 aliphatic heterocycles. The second-order valence-electron chi connectivity index (χ2n) is 6.87. The Morgan fingerprint density at radius 1 is 1.41 bits per heavy atom. The minimum absolute atomic E-state index is 0. The van der Waals surface area contributed by atoms with E-state index < -0.39 is 0 Å². The fourth-order valence-corrected chi connectivity index (χ4v) is 3.72. The maximum atomic E-state index is 4.71. The van der Waals surface area contributed by atoms with E-state index in [4.69, 9.17) is 4.99 Å². The molecule has 2 aromatic heterocycles. The van der Waals surface area contributed by atoms with Crippen molar-refractivity contribution < 1.29 is 0 Å². The van der Waals surface area contributed by atoms with Crippen molar-refractivity contribution in [3.05, 3.63) is 27.7 Å². The second-order valence-corrected chi connectivity index (χ2v) is 8.07. The molecule has 7 nitrogen and oxygen atoms in total. The van der Waals surface area contributed by atoms with Crippen LogP contribution in [0.2, 0.25) is 0 Å². The summed E-state index contributed by atoms with van der Waals surface area (Å²) in [7, 11) is 0. The Morgan fingerprint density at radius 3 is 2.89 bits per heavy atom. The lowest BCUT2D eigenvalue weighted by Crippen LogP contribution is -2.47. The van der Waals surface area contributed by atoms with Crippen molar-refractivity contribution >= 4 is 41.3 Å². The number of nitrogens with one attached hydrogen (secondary N) is 2. The number of nitrogens with zero attached hydrogens (tertiary/aromatic N) is 5. The number of rotatable bonds is 6. The molecule has 1 atom stereocenters. The van der Waals surface area contributed by atoms with E-state index in [2.05, 4.69) is 58.1 Å². The molecule has 0 bridgehead atoms. The van der Waals surface area contributed by atoms with Gasteiger partial charge in [0, 0.05) is 36.0 Å². The highest BCUT2D eigenvalue weighted by Crippen LogP contribution is 2.17. The lowest BCUT2D eigenvalue weighted by molar-refractivity contribution is 0.391. The molecule has 0 spiro atoms. The topological polar surface area (TPSA) is 80.0 Å². The number of hydrogen-bond acceptors (Lipinski definition) is 5. The lowest BCUT2D eigenvalue weighted by Gasteiger charge is -2.25. The molecular weight excluding hydrogens is 473 g/mol. The minimum atomic E-state index is 0. The highest BCUT2D eigenvalue weighted by atomic mass is 127. The second kappa shape index (κ2) is 10.4. The number of aryl methyl sites for hydroxylation is 2. The van der Waals surface area contributed by atoms with Gasteiger partial charge in [-0.2, -0.15) is 5.10 Å². The van der Waals surface area contributed by atoms with Crippen LogP contribution in [-0.2, 0) is 25.9 Å². The summed E-state index contributed by atoms with van der Waals surface area (Å²) in [4.78, 5) is 15.1. The standard InChI is InChI=1S/C18H29N7S.HI/c1-5-14-9-20-16(26-14)10-21-18(19-6-2)22-13-7-8-15-23-17(12(3)4)24-25(15)11-13;/h9,12-13H,5-8,10-11H2,1-4H3,(H2,19,21,22);1H. The maximum absolute atomic E-state index is 4.71. The maximum Gasteiger partial charge on any atom is 0.191 e. The predicted molar refractivity (Wildman–Crippen MR) is 121 cm³/mol. The summed E-state index contributed by atoms with van der Waals surface area (Å²) in [5.41, 5.74) is 0. The van der Waals surface area contributed by atoms with E-state index in [9.17, 15) is 0 Å². The first-order valence-corrected chi connectivity index (χ1v) is 10.3. The van der Waals surface area contributed by atoms with Crippen LogP contribution < -0.4 is 10.6 Å². The molecule has 0 aliphatic carbocycles. The number of thiazole rings is 1. The molecule has 1 unspecified atom stereocenters. The Balaban J connectivity index is 0.00000261. The summed E-state index contributed by atoms with van der Waals surface area (Å²) in [6.45, 7) is 10.8. The number of aliphatic imine (C=N–C) groups is 1. The Bertz CT molecular complexity index is 753. The molecule has 0 fully saturated rings. The first-order valence-electron chi connectivity index (χ1n) is 9.51. The minimum Gasteiger partial charge on any atom is -0.357 e. The zero-order chi connectivity index (χ0) is 18.5. The summed E-state index contributed by atoms with van der Waals surface area (Å²) in [5, 5.41) is 12.6. The monoisotopic (exact) mass is 503 g/mol. The molecule has 3 rings (SSSR count). The van der Waals surface area contributed by atoms with Gasteiger partial charge < -0.3 is 10.6 Å². The first kappa shape index (κ1) is 22.1. The van der Waals surface area contributed by atoms with Gasteiger partial charge in [-0.15, -0.1) is 35.3 Å². The number of guanidine groups is 1. The summed E-state index contributed by atoms with van der Waals surface area (Å²) in [6.07, 6.45) is 4.97. The molecule has 0 amide bonds. The van der Waals surface area contributed by atoms with Gasteiger partial charge in [0.05, 0.1) is 13.1 Å². The SMILES string of the molecule is CCNC(=NCc1ncc(CC)s1)NC1CCc2nc(C(C)C)nn2C1.I. The molecule has 0 radical (unpaired) electrons. The summed E-state index contributed by atoms with van der Waals surface area (Å²) in [5.74, 6) is 3.25. The van der Waals surface area contributed by atoms with Crippen molar-refractivity contribution in [1.82, 2.24) is 30.4 Å². The van der Waals surface area contributed by atoms with Crippen molar-refractivity contribution in [2.45, 2.75) is 72.0 Å². The van der Waals surface area contributed by atoms with Crippen molar-refractivity contribution in [3.63, 3.8) is 0 Å². The molecule has 3 heterocycles. The van der Waals surface area contributed by atoms with Crippen LogP contribution in [0.5, 0.6) is 0 Å². The third kappa shape index (κ3) is 5.87. The third-order valence-electron chi connectivity index (χ3n) is 4.40. The zero-order valence-corrected chi connectivity index (χ0v) is 19.7. The van der Waals surface area contributed by atoms with Crippen LogP contribution in [0.4, 0.5) is 0 Å². The third-order valence-corrected chi connectivity index (χ3v) is 5.52. The van der Waals surface area contributed by atoms with Gasteiger partial charge in [-0.1, -0.05) is 20.8 Å². The lowest BCUT2D eigenvalue weighted by atomic mass is 10.1. The van der Waals surface area contributed by atoms with Crippen LogP contribution in [0.15, 0.2) is 11.2 Å². The van der Waals surface area contributed by atoms with Gasteiger partial charge in [-0.25, -0.2) is 19.6 Å². The molecule has 1 aliphatic rings. The summed E-state index contributed by atoms with van der Waals surface area (Å²) < 4.78 is 2.05. The van der Waals surface area contributed by atoms with Gasteiger partial charge in [0.15, 0.2) is 11.8 Å². The highest BCUT2D eigenvalue weighted by molar-refractivity contribution is 14.0. The smallest absolute Gasteiger partial charge is 0.191 e. The van der Waals surface area contributed by atoms with Crippen molar-refractivity contribution in [2.75, 3.05) is 6.54 Å². The van der Waals surface area contributed by atoms with E-state index in [-0.39, 0.29) is 24.0 Å². The Hall–Kier alpha value is -1.23. The van der Waals surface area contributed by atoms with Gasteiger partial charge in [0.25, 0.3) is 0 Å². The normalized spacial score (nSPS) is 16.8. The number of halogens is 1. The van der Waals surface area contributed by atoms with Crippen LogP contribution >= 0.6 is 35.3 Å². The van der Waals surface area contributed by atoms with E-state index in [1.54, 1.807) is 11.3 Å². The van der Waals surface area contributed by atoms with Crippen molar-refractivity contribution in [2.24, 2.45) is 4.99 Å². The Morgan fingerprint density at radius 2 is 2.22 bits per heavy atom. The zero-order valence-electron chi connectivity index (χ0n) is 16.5. The number of aromatic nitrogens is 4.